The van der Waals surface area contributed by atoms with E-state index in [1.54, 1.807) is 48.5 Å². The van der Waals surface area contributed by atoms with Gasteiger partial charge in [0, 0.05) is 0 Å². The van der Waals surface area contributed by atoms with Crippen LogP contribution in [0.1, 0.15) is 23.7 Å². The smallest absolute Gasteiger partial charge is 0.441 e. The monoisotopic (exact) mass is 338 g/mol. The van der Waals surface area contributed by atoms with Crippen LogP contribution in [-0.4, -0.2) is 33.3 Å². The van der Waals surface area contributed by atoms with Crippen molar-refractivity contribution in [2.45, 2.75) is 12.5 Å². The molecule has 126 valence electrons. The lowest BCUT2D eigenvalue weighted by Crippen LogP contribution is -2.28. The van der Waals surface area contributed by atoms with Crippen molar-refractivity contribution in [3.63, 3.8) is 0 Å². The number of carbonyl (C=O) groups excluding carboxylic acids is 2. The van der Waals surface area contributed by atoms with Crippen LogP contribution in [0.2, 0.25) is 0 Å². The zero-order chi connectivity index (χ0) is 18.2. The van der Waals surface area contributed by atoms with E-state index in [1.165, 1.54) is 0 Å². The lowest BCUT2D eigenvalue weighted by molar-refractivity contribution is -0.149. The highest BCUT2D eigenvalue weighted by Gasteiger charge is 2.32. The van der Waals surface area contributed by atoms with Crippen molar-refractivity contribution in [1.29, 1.82) is 0 Å². The van der Waals surface area contributed by atoms with Crippen molar-refractivity contribution in [3.8, 4) is 0 Å². The Morgan fingerprint density at radius 1 is 0.960 bits per heavy atom. The third kappa shape index (κ3) is 4.70. The van der Waals surface area contributed by atoms with Gasteiger partial charge in [0.05, 0.1) is 0 Å². The van der Waals surface area contributed by atoms with E-state index >= 15 is 0 Å². The summed E-state index contributed by atoms with van der Waals surface area (Å²) in [4.78, 5) is 36.9. The summed E-state index contributed by atoms with van der Waals surface area (Å²) < 4.78 is 5.38. The predicted molar refractivity (Wildman–Crippen MR) is 86.7 cm³/mol. The van der Waals surface area contributed by atoms with E-state index in [-0.39, 0.29) is 0 Å². The molecule has 0 aromatic heterocycles. The number of ketones is 1. The fourth-order valence-electron chi connectivity index (χ4n) is 2.19. The number of benzene rings is 2. The number of carbonyl (C=O) groups is 3. The quantitative estimate of drug-likeness (QED) is 0.272. The van der Waals surface area contributed by atoms with Gasteiger partial charge in [-0.05, 0) is 11.1 Å². The second-order valence-electron chi connectivity index (χ2n) is 5.04. The Morgan fingerprint density at radius 2 is 1.44 bits per heavy atom. The minimum atomic E-state index is -1.72. The van der Waals surface area contributed by atoms with E-state index in [2.05, 4.69) is 4.79 Å². The number of aliphatic carboxylic acids is 1. The minimum absolute atomic E-state index is 0.698. The van der Waals surface area contributed by atoms with E-state index in [9.17, 15) is 14.4 Å². The highest BCUT2D eigenvalue weighted by atomic mass is 16.5. The topological polar surface area (TPSA) is 117 Å². The Balaban J connectivity index is 2.20. The van der Waals surface area contributed by atoms with Gasteiger partial charge in [-0.15, -0.1) is 0 Å². The first-order valence-corrected chi connectivity index (χ1v) is 7.31. The van der Waals surface area contributed by atoms with E-state index < -0.39 is 36.0 Å². The van der Waals surface area contributed by atoms with Crippen LogP contribution in [0.4, 0.5) is 0 Å². The fourth-order valence-corrected chi connectivity index (χ4v) is 2.19. The Kier molecular flexibility index (Phi) is 5.92. The summed E-state index contributed by atoms with van der Waals surface area (Å²) in [7, 11) is 0. The molecule has 2 aromatic carbocycles. The maximum atomic E-state index is 12.1. The number of carboxylic acid groups (broad SMARTS) is 1. The van der Waals surface area contributed by atoms with Crippen molar-refractivity contribution in [2.75, 3.05) is 0 Å². The van der Waals surface area contributed by atoms with Gasteiger partial charge in [0.15, 0.2) is 6.10 Å². The molecule has 2 aromatic rings. The minimum Gasteiger partial charge on any atom is -0.472 e. The highest BCUT2D eigenvalue weighted by Crippen LogP contribution is 2.26. The van der Waals surface area contributed by atoms with Crippen molar-refractivity contribution in [3.05, 3.63) is 77.3 Å². The molecule has 0 amide bonds. The highest BCUT2D eigenvalue weighted by molar-refractivity contribution is 6.62. The van der Waals surface area contributed by atoms with Gasteiger partial charge >= 0.3 is 17.7 Å². The number of Topliss-reactive ketones (excluding diaryl/α,β-unsaturated/α-hetero) is 1. The molecule has 0 spiro atoms. The molecule has 0 bridgehead atoms. The Bertz CT molecular complexity index is 788. The number of rotatable bonds is 7. The van der Waals surface area contributed by atoms with Gasteiger partial charge < -0.3 is 15.4 Å². The molecule has 1 N–H and O–H groups in total. The fraction of sp³-hybridized carbons (Fsp3) is 0.111. The second kappa shape index (κ2) is 8.33. The summed E-state index contributed by atoms with van der Waals surface area (Å²) in [5, 5.41) is 8.73. The van der Waals surface area contributed by atoms with Gasteiger partial charge in [-0.3, -0.25) is 9.59 Å². The van der Waals surface area contributed by atoms with Gasteiger partial charge in [0.25, 0.3) is 5.78 Å². The molecule has 0 radical (unpaired) electrons. The van der Waals surface area contributed by atoms with Crippen LogP contribution in [0, 0.1) is 0 Å². The molecular formula is C18H14N2O5. The molecule has 25 heavy (non-hydrogen) atoms. The Morgan fingerprint density at radius 3 is 1.84 bits per heavy atom. The van der Waals surface area contributed by atoms with E-state index in [1.807, 2.05) is 12.1 Å². The molecule has 0 saturated carbocycles. The molecular weight excluding hydrogens is 324 g/mol. The van der Waals surface area contributed by atoms with Gasteiger partial charge in [-0.2, -0.15) is 4.79 Å². The summed E-state index contributed by atoms with van der Waals surface area (Å²) in [6.07, 6.45) is -1.59. The van der Waals surface area contributed by atoms with Gasteiger partial charge in [-0.1, -0.05) is 60.7 Å². The predicted octanol–water partition coefficient (Wildman–Crippen LogP) is 2.03. The molecule has 0 saturated heterocycles. The van der Waals surface area contributed by atoms with Crippen molar-refractivity contribution in [2.24, 2.45) is 0 Å². The first kappa shape index (κ1) is 17.8. The molecule has 0 fully saturated rings. The first-order valence-electron chi connectivity index (χ1n) is 7.31. The van der Waals surface area contributed by atoms with Crippen LogP contribution in [0.3, 0.4) is 0 Å². The molecule has 0 aliphatic carbocycles. The largest absolute Gasteiger partial charge is 0.472 e. The first-order chi connectivity index (χ1) is 12.0. The van der Waals surface area contributed by atoms with E-state index in [0.717, 1.165) is 0 Å². The second-order valence-corrected chi connectivity index (χ2v) is 5.04. The number of carboxylic acids is 1. The van der Waals surface area contributed by atoms with Crippen molar-refractivity contribution in [1.82, 2.24) is 0 Å². The van der Waals surface area contributed by atoms with Crippen LogP contribution in [0.25, 0.3) is 5.53 Å². The van der Waals surface area contributed by atoms with E-state index in [0.29, 0.717) is 11.1 Å². The zero-order valence-corrected chi connectivity index (χ0v) is 13.0. The third-order valence-electron chi connectivity index (χ3n) is 3.33. The molecule has 0 atom stereocenters. The molecule has 7 heteroatoms. The van der Waals surface area contributed by atoms with Crippen LogP contribution in [-0.2, 0) is 19.1 Å². The van der Waals surface area contributed by atoms with Crippen molar-refractivity contribution < 1.29 is 29.0 Å². The zero-order valence-electron chi connectivity index (χ0n) is 13.0. The summed E-state index contributed by atoms with van der Waals surface area (Å²) in [5.41, 5.74) is 8.83. The van der Waals surface area contributed by atoms with Gasteiger partial charge in [0.2, 0.25) is 0 Å². The van der Waals surface area contributed by atoms with Crippen LogP contribution in [0.15, 0.2) is 60.7 Å². The lowest BCUT2D eigenvalue weighted by atomic mass is 10.0. The molecule has 0 aliphatic heterocycles. The molecule has 2 rings (SSSR count). The number of esters is 1. The average Bonchev–Trinajstić information content (AvgIpc) is 2.61. The van der Waals surface area contributed by atoms with Crippen LogP contribution in [0.5, 0.6) is 0 Å². The number of ether oxygens (including phenoxy) is 1. The standard InChI is InChI=1S/C18H14N2O5/c19-20-16(18(23)24)14(21)11-15(22)25-17(12-7-3-1-4-8-12)13-9-5-2-6-10-13/h1-10,17H,11H2,(H,23,24). The molecule has 0 unspecified atom stereocenters. The lowest BCUT2D eigenvalue weighted by Gasteiger charge is -2.18. The molecule has 0 aliphatic rings. The average molecular weight is 338 g/mol. The van der Waals surface area contributed by atoms with Gasteiger partial charge in [-0.25, -0.2) is 4.79 Å². The number of nitrogens with zero attached hydrogens (tertiary/aromatic N) is 2. The normalized spacial score (nSPS) is 9.96. The summed E-state index contributed by atoms with van der Waals surface area (Å²) >= 11 is 0. The number of hydrogen-bond acceptors (Lipinski definition) is 4. The summed E-state index contributed by atoms with van der Waals surface area (Å²) in [5.74, 6) is -3.78. The molecule has 7 nitrogen and oxygen atoms in total. The third-order valence-corrected chi connectivity index (χ3v) is 3.33. The summed E-state index contributed by atoms with van der Waals surface area (Å²) in [6.45, 7) is 0. The molecule has 0 heterocycles. The Labute approximate surface area is 143 Å². The van der Waals surface area contributed by atoms with Crippen molar-refractivity contribution >= 4 is 23.4 Å². The maximum absolute atomic E-state index is 12.1. The Hall–Kier alpha value is -3.57. The van der Waals surface area contributed by atoms with E-state index in [4.69, 9.17) is 15.4 Å². The van der Waals surface area contributed by atoms with Crippen LogP contribution < -0.4 is 0 Å². The van der Waals surface area contributed by atoms with Gasteiger partial charge in [0.1, 0.15) is 6.42 Å². The SMILES string of the molecule is [N-]=[N+]=C(C(=O)O)C(=O)CC(=O)OC(c1ccccc1)c1ccccc1. The summed E-state index contributed by atoms with van der Waals surface area (Å²) in [6, 6.07) is 17.8. The maximum Gasteiger partial charge on any atom is 0.441 e. The number of hydrogen-bond donors (Lipinski definition) is 1. The van der Waals surface area contributed by atoms with Crippen LogP contribution >= 0.6 is 0 Å².